The van der Waals surface area contributed by atoms with Crippen LogP contribution >= 0.6 is 0 Å². The van der Waals surface area contributed by atoms with E-state index in [9.17, 15) is 10.1 Å². The summed E-state index contributed by atoms with van der Waals surface area (Å²) in [6, 6.07) is 38.9. The Bertz CT molecular complexity index is 1680. The molecule has 0 atom stereocenters. The van der Waals surface area contributed by atoms with Crippen molar-refractivity contribution >= 4 is 28.4 Å². The van der Waals surface area contributed by atoms with Crippen molar-refractivity contribution < 1.29 is 14.3 Å². The van der Waals surface area contributed by atoms with Gasteiger partial charge in [-0.15, -0.1) is 0 Å². The van der Waals surface area contributed by atoms with Gasteiger partial charge in [-0.25, -0.2) is 0 Å². The van der Waals surface area contributed by atoms with E-state index in [4.69, 9.17) is 9.47 Å². The third-order valence-electron chi connectivity index (χ3n) is 6.46. The standard InChI is InChI=1S/C35H28N2O3/c1-25-11-13-27(14-12-25)24-40-34-20-15-28-9-5-6-10-32(28)33(34)21-29(22-36)35(38)37-30-16-18-31(19-17-30)39-23-26-7-3-2-4-8-26/h2-21H,23-24H2,1H3,(H,37,38)/b29-21+. The van der Waals surface area contributed by atoms with E-state index < -0.39 is 5.91 Å². The number of aryl methyl sites for hydroxylation is 1. The maximum Gasteiger partial charge on any atom is 0.266 e. The number of nitrogens with one attached hydrogen (secondary N) is 1. The fourth-order valence-electron chi connectivity index (χ4n) is 4.26. The minimum atomic E-state index is -0.502. The lowest BCUT2D eigenvalue weighted by atomic mass is 10.0. The summed E-state index contributed by atoms with van der Waals surface area (Å²) in [5.74, 6) is 0.779. The number of hydrogen-bond acceptors (Lipinski definition) is 4. The van der Waals surface area contributed by atoms with Crippen molar-refractivity contribution in [1.82, 2.24) is 0 Å². The van der Waals surface area contributed by atoms with Gasteiger partial charge in [0.1, 0.15) is 36.4 Å². The third kappa shape index (κ3) is 6.56. The maximum absolute atomic E-state index is 13.1. The number of carbonyl (C=O) groups is 1. The molecule has 0 heterocycles. The minimum absolute atomic E-state index is 0.0269. The Kier molecular flexibility index (Phi) is 8.19. The summed E-state index contributed by atoms with van der Waals surface area (Å²) in [7, 11) is 0. The Morgan fingerprint density at radius 2 is 1.45 bits per heavy atom. The molecule has 0 aliphatic carbocycles. The molecule has 5 aromatic rings. The molecule has 196 valence electrons. The number of rotatable bonds is 9. The molecule has 0 fully saturated rings. The van der Waals surface area contributed by atoms with E-state index in [1.54, 1.807) is 30.3 Å². The monoisotopic (exact) mass is 524 g/mol. The van der Waals surface area contributed by atoms with Crippen molar-refractivity contribution in [3.05, 3.63) is 143 Å². The second-order valence-corrected chi connectivity index (χ2v) is 9.40. The number of anilines is 1. The largest absolute Gasteiger partial charge is 0.489 e. The molecular weight excluding hydrogens is 496 g/mol. The Balaban J connectivity index is 1.34. The predicted octanol–water partition coefficient (Wildman–Crippen LogP) is 7.85. The summed E-state index contributed by atoms with van der Waals surface area (Å²) in [6.07, 6.45) is 1.60. The molecule has 1 N–H and O–H groups in total. The number of carbonyl (C=O) groups excluding carboxylic acids is 1. The molecule has 0 radical (unpaired) electrons. The van der Waals surface area contributed by atoms with Crippen molar-refractivity contribution in [3.63, 3.8) is 0 Å². The molecule has 5 rings (SSSR count). The zero-order valence-electron chi connectivity index (χ0n) is 22.1. The topological polar surface area (TPSA) is 71.3 Å². The van der Waals surface area contributed by atoms with Gasteiger partial charge in [-0.05, 0) is 65.2 Å². The molecule has 0 saturated heterocycles. The number of nitriles is 1. The van der Waals surface area contributed by atoms with Gasteiger partial charge in [-0.1, -0.05) is 90.5 Å². The first-order chi connectivity index (χ1) is 19.6. The van der Waals surface area contributed by atoms with Crippen LogP contribution in [0.1, 0.15) is 22.3 Å². The van der Waals surface area contributed by atoms with Gasteiger partial charge in [0.05, 0.1) is 0 Å². The van der Waals surface area contributed by atoms with Crippen molar-refractivity contribution in [2.24, 2.45) is 0 Å². The number of amides is 1. The fraction of sp³-hybridized carbons (Fsp3) is 0.0857. The second-order valence-electron chi connectivity index (χ2n) is 9.40. The van der Waals surface area contributed by atoms with Crippen LogP contribution in [0.3, 0.4) is 0 Å². The lowest BCUT2D eigenvalue weighted by molar-refractivity contribution is -0.112. The molecule has 5 heteroatoms. The lowest BCUT2D eigenvalue weighted by Crippen LogP contribution is -2.13. The van der Waals surface area contributed by atoms with Crippen molar-refractivity contribution in [2.75, 3.05) is 5.32 Å². The van der Waals surface area contributed by atoms with Crippen LogP contribution in [-0.2, 0) is 18.0 Å². The summed E-state index contributed by atoms with van der Waals surface area (Å²) in [4.78, 5) is 13.1. The Morgan fingerprint density at radius 3 is 2.20 bits per heavy atom. The highest BCUT2D eigenvalue weighted by molar-refractivity contribution is 6.11. The molecule has 0 unspecified atom stereocenters. The molecule has 0 spiro atoms. The normalized spacial score (nSPS) is 11.1. The number of ether oxygens (including phenoxy) is 2. The molecule has 1 amide bonds. The SMILES string of the molecule is Cc1ccc(COc2ccc3ccccc3c2/C=C(\C#N)C(=O)Nc2ccc(OCc3ccccc3)cc2)cc1. The molecule has 0 aromatic heterocycles. The van der Waals surface area contributed by atoms with Gasteiger partial charge in [-0.2, -0.15) is 5.26 Å². The quantitative estimate of drug-likeness (QED) is 0.157. The van der Waals surface area contributed by atoms with Gasteiger partial charge in [0.2, 0.25) is 0 Å². The summed E-state index contributed by atoms with van der Waals surface area (Å²) in [5.41, 5.74) is 4.49. The lowest BCUT2D eigenvalue weighted by Gasteiger charge is -2.13. The van der Waals surface area contributed by atoms with E-state index in [1.165, 1.54) is 5.56 Å². The number of hydrogen-bond donors (Lipinski definition) is 1. The van der Waals surface area contributed by atoms with Crippen molar-refractivity contribution in [2.45, 2.75) is 20.1 Å². The van der Waals surface area contributed by atoms with Crippen LogP contribution in [0.2, 0.25) is 0 Å². The van der Waals surface area contributed by atoms with E-state index >= 15 is 0 Å². The first kappa shape index (κ1) is 26.3. The average molecular weight is 525 g/mol. The Hall–Kier alpha value is -5.34. The summed E-state index contributed by atoms with van der Waals surface area (Å²) < 4.78 is 12.0. The van der Waals surface area contributed by atoms with Crippen LogP contribution in [0.15, 0.2) is 121 Å². The van der Waals surface area contributed by atoms with Gasteiger partial charge in [0.25, 0.3) is 5.91 Å². The van der Waals surface area contributed by atoms with E-state index in [0.717, 1.165) is 21.9 Å². The maximum atomic E-state index is 13.1. The summed E-state index contributed by atoms with van der Waals surface area (Å²) >= 11 is 0. The Morgan fingerprint density at radius 1 is 0.775 bits per heavy atom. The van der Waals surface area contributed by atoms with E-state index in [-0.39, 0.29) is 5.57 Å². The molecule has 0 bridgehead atoms. The first-order valence-electron chi connectivity index (χ1n) is 13.0. The van der Waals surface area contributed by atoms with Crippen LogP contribution in [0, 0.1) is 18.3 Å². The molecule has 0 aliphatic rings. The zero-order chi connectivity index (χ0) is 27.7. The molecule has 0 aliphatic heterocycles. The average Bonchev–Trinajstić information content (AvgIpc) is 3.00. The van der Waals surface area contributed by atoms with Gasteiger partial charge in [-0.3, -0.25) is 4.79 Å². The predicted molar refractivity (Wildman–Crippen MR) is 159 cm³/mol. The second kappa shape index (κ2) is 12.5. The van der Waals surface area contributed by atoms with Gasteiger partial charge in [0.15, 0.2) is 0 Å². The minimum Gasteiger partial charge on any atom is -0.489 e. The van der Waals surface area contributed by atoms with Crippen molar-refractivity contribution in [3.8, 4) is 17.6 Å². The van der Waals surface area contributed by atoms with Gasteiger partial charge >= 0.3 is 0 Å². The molecule has 0 saturated carbocycles. The number of benzene rings is 5. The highest BCUT2D eigenvalue weighted by Gasteiger charge is 2.14. The molecular formula is C35H28N2O3. The summed E-state index contributed by atoms with van der Waals surface area (Å²) in [5, 5.41) is 14.6. The first-order valence-corrected chi connectivity index (χ1v) is 13.0. The Labute approximate surface area is 233 Å². The van der Waals surface area contributed by atoms with Gasteiger partial charge in [0, 0.05) is 11.3 Å². The van der Waals surface area contributed by atoms with Crippen LogP contribution < -0.4 is 14.8 Å². The molecule has 40 heavy (non-hydrogen) atoms. The van der Waals surface area contributed by atoms with E-state index in [1.807, 2.05) is 97.9 Å². The highest BCUT2D eigenvalue weighted by Crippen LogP contribution is 2.31. The number of fused-ring (bicyclic) bond motifs is 1. The number of nitrogens with zero attached hydrogens (tertiary/aromatic N) is 1. The van der Waals surface area contributed by atoms with Crippen LogP contribution in [0.5, 0.6) is 11.5 Å². The third-order valence-corrected chi connectivity index (χ3v) is 6.46. The smallest absolute Gasteiger partial charge is 0.266 e. The highest BCUT2D eigenvalue weighted by atomic mass is 16.5. The zero-order valence-corrected chi connectivity index (χ0v) is 22.1. The van der Waals surface area contributed by atoms with E-state index in [2.05, 4.69) is 11.4 Å². The van der Waals surface area contributed by atoms with Crippen LogP contribution in [0.4, 0.5) is 5.69 Å². The van der Waals surface area contributed by atoms with E-state index in [0.29, 0.717) is 36.0 Å². The van der Waals surface area contributed by atoms with Gasteiger partial charge < -0.3 is 14.8 Å². The summed E-state index contributed by atoms with van der Waals surface area (Å²) in [6.45, 7) is 2.86. The van der Waals surface area contributed by atoms with Crippen molar-refractivity contribution in [1.29, 1.82) is 5.26 Å². The fourth-order valence-corrected chi connectivity index (χ4v) is 4.26. The molecule has 5 nitrogen and oxygen atoms in total. The molecule has 5 aromatic carbocycles. The van der Waals surface area contributed by atoms with Crippen LogP contribution in [0.25, 0.3) is 16.8 Å². The van der Waals surface area contributed by atoms with Crippen LogP contribution in [-0.4, -0.2) is 5.91 Å².